The average Bonchev–Trinajstić information content (AvgIpc) is 0.865. The van der Waals surface area contributed by atoms with Crippen LogP contribution in [0.1, 0.15) is 201 Å². The Balaban J connectivity index is 0.000000110. The van der Waals surface area contributed by atoms with Crippen LogP contribution in [0.3, 0.4) is 0 Å². The lowest BCUT2D eigenvalue weighted by molar-refractivity contribution is -0.662. The molecule has 117 heavy (non-hydrogen) atoms. The molecule has 5 fully saturated rings. The third-order valence-corrected chi connectivity index (χ3v) is 25.8. The van der Waals surface area contributed by atoms with Crippen LogP contribution in [-0.4, -0.2) is 24.9 Å². The first kappa shape index (κ1) is 79.5. The van der Waals surface area contributed by atoms with Crippen molar-refractivity contribution < 1.29 is 40.4 Å². The molecule has 592 valence electrons. The van der Waals surface area contributed by atoms with Crippen LogP contribution in [0.4, 0.5) is 17.6 Å². The van der Waals surface area contributed by atoms with Gasteiger partial charge in [-0.25, -0.2) is 40.4 Å². The molecule has 5 aliphatic carbocycles. The van der Waals surface area contributed by atoms with E-state index in [0.29, 0.717) is 23.7 Å². The van der Waals surface area contributed by atoms with Crippen molar-refractivity contribution in [3.8, 4) is 56.3 Å². The second-order valence-corrected chi connectivity index (χ2v) is 33.7. The Morgan fingerprint density at radius 2 is 0.556 bits per heavy atom. The highest BCUT2D eigenvalue weighted by molar-refractivity contribution is 5.96. The number of fused-ring (bicyclic) bond motifs is 5. The summed E-state index contributed by atoms with van der Waals surface area (Å²) in [6.45, 7) is 10.0. The summed E-state index contributed by atoms with van der Waals surface area (Å²) >= 11 is 0. The normalized spacial score (nSPS) is 15.2. The lowest BCUT2D eigenvalue weighted by Gasteiger charge is -2.25. The lowest BCUT2D eigenvalue weighted by Crippen LogP contribution is -2.32. The van der Waals surface area contributed by atoms with Crippen molar-refractivity contribution in [3.63, 3.8) is 0 Å². The molecule has 10 nitrogen and oxygen atoms in total. The van der Waals surface area contributed by atoms with E-state index in [9.17, 15) is 17.6 Å². The molecule has 0 unspecified atom stereocenters. The first-order valence-corrected chi connectivity index (χ1v) is 42.3. The van der Waals surface area contributed by atoms with E-state index in [1.165, 1.54) is 190 Å². The Morgan fingerprint density at radius 3 is 0.915 bits per heavy atom. The molecule has 0 bridgehead atoms. The number of halogens is 4. The van der Waals surface area contributed by atoms with Gasteiger partial charge in [0.25, 0.3) is 31.6 Å². The third kappa shape index (κ3) is 16.7. The largest absolute Gasteiger partial charge is 0.287 e. The number of nitrogens with zero attached hydrogens (tertiary/aromatic N) is 10. The molecular weight excluding hydrogens is 1450 g/mol. The van der Waals surface area contributed by atoms with Gasteiger partial charge in [-0.15, -0.1) is 0 Å². The molecule has 20 rings (SSSR count). The number of rotatable bonds is 10. The summed E-state index contributed by atoms with van der Waals surface area (Å²) < 4.78 is 64.3. The number of benzene rings is 10. The van der Waals surface area contributed by atoms with Crippen LogP contribution in [0.5, 0.6) is 0 Å². The fourth-order valence-corrected chi connectivity index (χ4v) is 19.1. The zero-order valence-corrected chi connectivity index (χ0v) is 69.4. The summed E-state index contributed by atoms with van der Waals surface area (Å²) in [5.41, 5.74) is 28.6. The van der Waals surface area contributed by atoms with E-state index < -0.39 is 0 Å². The van der Waals surface area contributed by atoms with Crippen LogP contribution >= 0.6 is 0 Å². The van der Waals surface area contributed by atoms with Gasteiger partial charge in [0, 0.05) is 38.9 Å². The van der Waals surface area contributed by atoms with Gasteiger partial charge in [0.1, 0.15) is 51.7 Å². The average molecular weight is 1560 g/mol. The summed E-state index contributed by atoms with van der Waals surface area (Å²) in [5.74, 6) is 2.59. The molecule has 0 amide bonds. The molecule has 10 aromatic carbocycles. The summed E-state index contributed by atoms with van der Waals surface area (Å²) in [5, 5.41) is 5.84. The summed E-state index contributed by atoms with van der Waals surface area (Å²) in [6.07, 6.45) is 32.8. The Labute approximate surface area is 685 Å². The molecule has 5 aliphatic rings. The Hall–Kier alpha value is -11.4. The van der Waals surface area contributed by atoms with Gasteiger partial charge in [0.2, 0.25) is 0 Å². The summed E-state index contributed by atoms with van der Waals surface area (Å²) in [4.78, 5) is 23.3. The van der Waals surface area contributed by atoms with E-state index >= 15 is 0 Å². The minimum atomic E-state index is -0.194. The lowest BCUT2D eigenvalue weighted by atomic mass is 9.79. The SMILES string of the molecule is Cc1cc(F)ccc1-c1c2cc(C3CCCC3)ccc2nc[n+]1C.Cc1cc(F)ccc1-c1c2ccc(C3CCCC3)cc2nc[n+]1C.Cc1cc(F)ccc1-c1c2cccc(C3CCC3)c2nc[n+]1C.Cc1cc(F)ccc1-c1c2cccc(C3CCCC3)c2nc[n+]1C.Cc1ccccc1-c1c2cc(C3CCC3)ccc2nc[n+]1C. The quantitative estimate of drug-likeness (QED) is 0.101. The van der Waals surface area contributed by atoms with Crippen LogP contribution in [0.15, 0.2) is 220 Å². The number of aromatic nitrogens is 10. The maximum absolute atomic E-state index is 13.5. The van der Waals surface area contributed by atoms with E-state index in [1.54, 1.807) is 24.3 Å². The van der Waals surface area contributed by atoms with Crippen molar-refractivity contribution in [3.05, 3.63) is 299 Å². The minimum absolute atomic E-state index is 0.191. The van der Waals surface area contributed by atoms with Gasteiger partial charge in [-0.1, -0.05) is 118 Å². The smallest absolute Gasteiger partial charge is 0.232 e. The van der Waals surface area contributed by atoms with Gasteiger partial charge in [0.05, 0.1) is 62.2 Å². The van der Waals surface area contributed by atoms with Gasteiger partial charge in [0.15, 0.2) is 27.6 Å². The molecule has 0 spiro atoms. The highest BCUT2D eigenvalue weighted by Gasteiger charge is 2.31. The predicted molar refractivity (Wildman–Crippen MR) is 462 cm³/mol. The van der Waals surface area contributed by atoms with Crippen molar-refractivity contribution >= 4 is 54.5 Å². The predicted octanol–water partition coefficient (Wildman–Crippen LogP) is 23.2. The van der Waals surface area contributed by atoms with Crippen LogP contribution in [0.25, 0.3) is 111 Å². The number of hydrogen-bond acceptors (Lipinski definition) is 5. The van der Waals surface area contributed by atoms with Crippen LogP contribution < -0.4 is 22.8 Å². The second-order valence-electron chi connectivity index (χ2n) is 33.7. The molecule has 5 saturated carbocycles. The van der Waals surface area contributed by atoms with Gasteiger partial charge >= 0.3 is 0 Å². The van der Waals surface area contributed by atoms with Gasteiger partial charge in [-0.05, 0) is 319 Å². The molecule has 14 heteroatoms. The second kappa shape index (κ2) is 34.8. The number of para-hydroxylation sites is 2. The third-order valence-electron chi connectivity index (χ3n) is 25.8. The topological polar surface area (TPSA) is 83.8 Å². The fourth-order valence-electron chi connectivity index (χ4n) is 19.1. The Morgan fingerprint density at radius 1 is 0.248 bits per heavy atom. The fraction of sp³-hybridized carbons (Fsp3) is 0.320. The van der Waals surface area contributed by atoms with Crippen molar-refractivity contribution in [1.82, 2.24) is 24.9 Å². The van der Waals surface area contributed by atoms with Crippen LogP contribution in [0.2, 0.25) is 0 Å². The van der Waals surface area contributed by atoms with Gasteiger partial charge in [-0.2, -0.15) is 0 Å². The van der Waals surface area contributed by atoms with Gasteiger partial charge < -0.3 is 0 Å². The van der Waals surface area contributed by atoms with Crippen molar-refractivity contribution in [2.24, 2.45) is 35.2 Å². The van der Waals surface area contributed by atoms with Gasteiger partial charge in [-0.3, -0.25) is 0 Å². The van der Waals surface area contributed by atoms with Crippen LogP contribution in [0, 0.1) is 57.9 Å². The monoisotopic (exact) mass is 1560 g/mol. The molecule has 5 aromatic heterocycles. The zero-order chi connectivity index (χ0) is 81.1. The maximum Gasteiger partial charge on any atom is 0.287 e. The van der Waals surface area contributed by atoms with E-state index in [4.69, 9.17) is 9.97 Å². The van der Waals surface area contributed by atoms with Crippen molar-refractivity contribution in [1.29, 1.82) is 0 Å². The van der Waals surface area contributed by atoms with E-state index in [2.05, 4.69) is 149 Å². The van der Waals surface area contributed by atoms with Crippen molar-refractivity contribution in [2.45, 2.75) is 180 Å². The standard InChI is InChI=1S/3C21H22FN2.C20H20FN2.C20H21N2/c1-14-12-16(22)10-11-17(14)21-19-9-5-8-18(15-6-3-4-7-15)20(19)23-13-24(21)2;1-14-11-17(22)8-9-18(14)21-19-12-16(15-5-3-4-6-15)7-10-20(19)23-13-24(21)2;1-14-11-17(22)8-10-18(14)21-19-9-7-16(15-5-3-4-6-15)12-20(19)23-13-24(21)2;1-13-11-15(21)9-10-16(13)20-18-8-4-7-17(14-5-3-6-14)19(18)22-12-23(20)2;1-14-6-3-4-9-17(14)20-18-12-16(15-7-5-8-15)10-11-19(18)21-13-22(20)2/h5,8-13,15H,3-4,6-7H2,1-2H3;2*7-13,15H,3-6H2,1-2H3;4,7-12,14H,3,5-6H2,1-2H3;3-4,6,9-13,15H,5,7-8H2,1-2H3/q5*+1. The highest BCUT2D eigenvalue weighted by atomic mass is 19.1. The summed E-state index contributed by atoms with van der Waals surface area (Å²) in [6, 6.07) is 61.7. The Kier molecular flexibility index (Phi) is 23.6. The Bertz CT molecular complexity index is 6160. The molecule has 15 aromatic rings. The summed E-state index contributed by atoms with van der Waals surface area (Å²) in [7, 11) is 10.1. The van der Waals surface area contributed by atoms with E-state index in [0.717, 1.165) is 122 Å². The van der Waals surface area contributed by atoms with E-state index in [1.807, 2.05) is 130 Å². The number of aryl methyl sites for hydroxylation is 10. The molecule has 0 saturated heterocycles. The molecule has 5 heterocycles. The van der Waals surface area contributed by atoms with Crippen molar-refractivity contribution in [2.75, 3.05) is 0 Å². The zero-order valence-electron chi connectivity index (χ0n) is 69.4. The maximum atomic E-state index is 13.5. The van der Waals surface area contributed by atoms with E-state index in [-0.39, 0.29) is 23.3 Å². The molecular formula is C103H107F4N10+5. The molecule has 0 N–H and O–H groups in total. The number of hydrogen-bond donors (Lipinski definition) is 0. The first-order valence-electron chi connectivity index (χ1n) is 42.3. The van der Waals surface area contributed by atoms with Crippen LogP contribution in [-0.2, 0) is 35.2 Å². The molecule has 0 atom stereocenters. The molecule has 0 aliphatic heterocycles. The first-order chi connectivity index (χ1) is 56.8. The highest BCUT2D eigenvalue weighted by Crippen LogP contribution is 2.44. The minimum Gasteiger partial charge on any atom is -0.232 e. The molecule has 0 radical (unpaired) electrons.